The Morgan fingerprint density at radius 3 is 2.08 bits per heavy atom. The number of aliphatic carboxylic acids is 1. The highest BCUT2D eigenvalue weighted by Crippen LogP contribution is 2.40. The van der Waals surface area contributed by atoms with Gasteiger partial charge in [-0.2, -0.15) is 0 Å². The minimum absolute atomic E-state index is 0.0123. The number of carbonyl (C=O) groups excluding carboxylic acids is 2. The highest BCUT2D eigenvalue weighted by molar-refractivity contribution is 5.99. The fourth-order valence-electron chi connectivity index (χ4n) is 5.01. The van der Waals surface area contributed by atoms with E-state index in [1.165, 1.54) is 32.1 Å². The first-order valence-corrected chi connectivity index (χ1v) is 14.0. The van der Waals surface area contributed by atoms with E-state index in [2.05, 4.69) is 12.2 Å². The molecule has 0 saturated heterocycles. The summed E-state index contributed by atoms with van der Waals surface area (Å²) in [6, 6.07) is 2.70. The lowest BCUT2D eigenvalue weighted by atomic mass is 9.86. The van der Waals surface area contributed by atoms with Crippen molar-refractivity contribution in [2.24, 2.45) is 5.41 Å². The third-order valence-electron chi connectivity index (χ3n) is 7.28. The van der Waals surface area contributed by atoms with Crippen molar-refractivity contribution in [2.75, 3.05) is 13.2 Å². The molecule has 1 aliphatic carbocycles. The zero-order chi connectivity index (χ0) is 28.0. The number of nitrogens with one attached hydrogen (secondary N) is 1. The van der Waals surface area contributed by atoms with Crippen molar-refractivity contribution in [3.63, 3.8) is 0 Å². The van der Waals surface area contributed by atoms with Gasteiger partial charge in [-0.15, -0.1) is 0 Å². The Morgan fingerprint density at radius 2 is 1.50 bits per heavy atom. The molecule has 0 radical (unpaired) electrons. The number of carboxylic acid groups (broad SMARTS) is 1. The summed E-state index contributed by atoms with van der Waals surface area (Å²) in [4.78, 5) is 36.0. The van der Waals surface area contributed by atoms with Crippen LogP contribution in [0.25, 0.3) is 0 Å². The largest absolute Gasteiger partial charge is 0.480 e. The summed E-state index contributed by atoms with van der Waals surface area (Å²) in [5, 5.41) is 12.1. The van der Waals surface area contributed by atoms with Gasteiger partial charge in [-0.3, -0.25) is 9.59 Å². The van der Waals surface area contributed by atoms with Gasteiger partial charge in [-0.1, -0.05) is 64.0 Å². The molecule has 2 N–H and O–H groups in total. The molecule has 1 aliphatic rings. The van der Waals surface area contributed by atoms with Gasteiger partial charge in [-0.05, 0) is 63.0 Å². The topological polar surface area (TPSA) is 102 Å². The van der Waals surface area contributed by atoms with Crippen LogP contribution in [0.4, 0.5) is 13.6 Å². The van der Waals surface area contributed by atoms with E-state index in [1.807, 2.05) is 0 Å². The van der Waals surface area contributed by atoms with Crippen LogP contribution in [-0.4, -0.2) is 42.4 Å². The van der Waals surface area contributed by atoms with E-state index in [1.54, 1.807) is 19.1 Å². The number of rotatable bonds is 17. The lowest BCUT2D eigenvalue weighted by Gasteiger charge is -2.22. The number of carbonyl (C=O) groups is 3. The summed E-state index contributed by atoms with van der Waals surface area (Å²) in [6.45, 7) is 3.85. The third kappa shape index (κ3) is 9.24. The molecule has 2 atom stereocenters. The number of halogens is 2. The van der Waals surface area contributed by atoms with Crippen molar-refractivity contribution >= 4 is 18.0 Å². The van der Waals surface area contributed by atoms with Crippen LogP contribution in [0.15, 0.2) is 12.1 Å². The molecule has 38 heavy (non-hydrogen) atoms. The molecule has 0 bridgehead atoms. The average molecular weight is 540 g/mol. The summed E-state index contributed by atoms with van der Waals surface area (Å²) < 4.78 is 39.1. The molecular formula is C29H43F2NO6. The van der Waals surface area contributed by atoms with Gasteiger partial charge in [-0.25, -0.2) is 13.6 Å². The fourth-order valence-corrected chi connectivity index (χ4v) is 5.01. The van der Waals surface area contributed by atoms with E-state index < -0.39 is 41.1 Å². The standard InChI is InChI=1S/C29H43F2NO6/c1-3-5-6-7-8-9-10-11-13-21-15-16-22(25(31)24(21)30)14-12-19-38-28(36)32-23-17-18-29(20-23,26(33)34)27(35)37-4-2/h15-16,23H,3-14,17-20H2,1-2H3,(H,32,36)(H,33,34). The second-order valence-electron chi connectivity index (χ2n) is 10.2. The van der Waals surface area contributed by atoms with Crippen LogP contribution in [0.2, 0.25) is 0 Å². The molecule has 7 nitrogen and oxygen atoms in total. The first-order valence-electron chi connectivity index (χ1n) is 14.0. The minimum Gasteiger partial charge on any atom is -0.480 e. The molecule has 0 aliphatic heterocycles. The summed E-state index contributed by atoms with van der Waals surface area (Å²) in [6.07, 6.45) is 9.70. The molecule has 2 rings (SSSR count). The van der Waals surface area contributed by atoms with E-state index in [0.717, 1.165) is 19.3 Å². The Bertz CT molecular complexity index is 925. The summed E-state index contributed by atoms with van der Waals surface area (Å²) in [5.41, 5.74) is -1.04. The van der Waals surface area contributed by atoms with Gasteiger partial charge in [0, 0.05) is 6.04 Å². The normalized spacial score (nSPS) is 18.8. The molecule has 1 aromatic rings. The van der Waals surface area contributed by atoms with Crippen LogP contribution in [-0.2, 0) is 31.9 Å². The summed E-state index contributed by atoms with van der Waals surface area (Å²) in [5.74, 6) is -3.72. The van der Waals surface area contributed by atoms with Crippen molar-refractivity contribution in [3.05, 3.63) is 34.9 Å². The number of hydrogen-bond acceptors (Lipinski definition) is 5. The smallest absolute Gasteiger partial charge is 0.407 e. The van der Waals surface area contributed by atoms with Gasteiger partial charge in [0.05, 0.1) is 13.2 Å². The molecular weight excluding hydrogens is 496 g/mol. The van der Waals surface area contributed by atoms with Gasteiger partial charge in [0.15, 0.2) is 17.0 Å². The Morgan fingerprint density at radius 1 is 0.921 bits per heavy atom. The van der Waals surface area contributed by atoms with E-state index >= 15 is 0 Å². The molecule has 1 aromatic carbocycles. The predicted molar refractivity (Wildman–Crippen MR) is 140 cm³/mol. The summed E-state index contributed by atoms with van der Waals surface area (Å²) >= 11 is 0. The number of unbranched alkanes of at least 4 members (excludes halogenated alkanes) is 7. The van der Waals surface area contributed by atoms with Crippen molar-refractivity contribution in [1.82, 2.24) is 5.32 Å². The SMILES string of the molecule is CCCCCCCCCCc1ccc(CCCOC(=O)NC2CCC(C(=O)O)(C(=O)OCC)C2)c(F)c1F. The van der Waals surface area contributed by atoms with Crippen molar-refractivity contribution in [3.8, 4) is 0 Å². The van der Waals surface area contributed by atoms with Crippen molar-refractivity contribution in [1.29, 1.82) is 0 Å². The number of alkyl carbamates (subject to hydrolysis) is 1. The van der Waals surface area contributed by atoms with E-state index in [9.17, 15) is 28.3 Å². The number of aryl methyl sites for hydroxylation is 2. The average Bonchev–Trinajstić information content (AvgIpc) is 3.32. The molecule has 1 amide bonds. The van der Waals surface area contributed by atoms with Gasteiger partial charge in [0.25, 0.3) is 0 Å². The second-order valence-corrected chi connectivity index (χ2v) is 10.2. The van der Waals surface area contributed by atoms with Gasteiger partial charge < -0.3 is 19.9 Å². The third-order valence-corrected chi connectivity index (χ3v) is 7.28. The fraction of sp³-hybridized carbons (Fsp3) is 0.690. The Kier molecular flexibility index (Phi) is 13.5. The van der Waals surface area contributed by atoms with Crippen molar-refractivity contribution in [2.45, 2.75) is 110 Å². The number of hydrogen-bond donors (Lipinski definition) is 2. The van der Waals surface area contributed by atoms with Crippen molar-refractivity contribution < 1.29 is 37.7 Å². The molecule has 0 heterocycles. The van der Waals surface area contributed by atoms with E-state index in [0.29, 0.717) is 24.8 Å². The zero-order valence-corrected chi connectivity index (χ0v) is 22.8. The molecule has 9 heteroatoms. The lowest BCUT2D eigenvalue weighted by molar-refractivity contribution is -0.168. The first-order chi connectivity index (χ1) is 18.2. The van der Waals surface area contributed by atoms with Gasteiger partial charge in [0.2, 0.25) is 0 Å². The molecule has 0 aromatic heterocycles. The second kappa shape index (κ2) is 16.3. The number of carboxylic acids is 1. The Labute approximate surface area is 224 Å². The summed E-state index contributed by atoms with van der Waals surface area (Å²) in [7, 11) is 0. The molecule has 214 valence electrons. The molecule has 1 fully saturated rings. The maximum absolute atomic E-state index is 14.5. The zero-order valence-electron chi connectivity index (χ0n) is 22.8. The molecule has 0 spiro atoms. The maximum Gasteiger partial charge on any atom is 0.407 e. The Hall–Kier alpha value is -2.71. The van der Waals surface area contributed by atoms with E-state index in [4.69, 9.17) is 9.47 Å². The van der Waals surface area contributed by atoms with E-state index in [-0.39, 0.29) is 38.0 Å². The van der Waals surface area contributed by atoms with Crippen LogP contribution in [0.3, 0.4) is 0 Å². The number of amides is 1. The predicted octanol–water partition coefficient (Wildman–Crippen LogP) is 6.49. The molecule has 1 saturated carbocycles. The minimum atomic E-state index is -1.67. The molecule has 2 unspecified atom stereocenters. The van der Waals surface area contributed by atoms with Crippen LogP contribution in [0.1, 0.15) is 102 Å². The lowest BCUT2D eigenvalue weighted by Crippen LogP contribution is -2.41. The Balaban J connectivity index is 1.70. The van der Waals surface area contributed by atoms with Gasteiger partial charge >= 0.3 is 18.0 Å². The van der Waals surface area contributed by atoms with Crippen LogP contribution >= 0.6 is 0 Å². The monoisotopic (exact) mass is 539 g/mol. The van der Waals surface area contributed by atoms with Crippen LogP contribution < -0.4 is 5.32 Å². The highest BCUT2D eigenvalue weighted by atomic mass is 19.2. The number of ether oxygens (including phenoxy) is 2. The number of benzene rings is 1. The first kappa shape index (κ1) is 31.5. The van der Waals surface area contributed by atoms with Crippen LogP contribution in [0.5, 0.6) is 0 Å². The number of esters is 1. The van der Waals surface area contributed by atoms with Gasteiger partial charge in [0.1, 0.15) is 0 Å². The maximum atomic E-state index is 14.5. The van der Waals surface area contributed by atoms with Crippen LogP contribution in [0, 0.1) is 17.0 Å². The highest BCUT2D eigenvalue weighted by Gasteiger charge is 2.53. The quantitative estimate of drug-likeness (QED) is 0.133.